The van der Waals surface area contributed by atoms with Gasteiger partial charge in [-0.05, 0) is 6.42 Å². The van der Waals surface area contributed by atoms with Crippen molar-refractivity contribution in [2.75, 3.05) is 38.0 Å². The van der Waals surface area contributed by atoms with Crippen LogP contribution in [0.15, 0.2) is 6.33 Å². The number of nitrogens with one attached hydrogen (secondary N) is 1. The highest BCUT2D eigenvalue weighted by atomic mass is 16.5. The summed E-state index contributed by atoms with van der Waals surface area (Å²) in [5, 5.41) is 12.1. The van der Waals surface area contributed by atoms with Crippen molar-refractivity contribution in [2.24, 2.45) is 0 Å². The van der Waals surface area contributed by atoms with E-state index < -0.39 is 0 Å². The Labute approximate surface area is 106 Å². The van der Waals surface area contributed by atoms with Crippen molar-refractivity contribution in [1.29, 1.82) is 0 Å². The molecule has 4 N–H and O–H groups in total. The third-order valence-corrected chi connectivity index (χ3v) is 2.22. The lowest BCUT2D eigenvalue weighted by molar-refractivity contribution is 0.153. The third kappa shape index (κ3) is 4.01. The van der Waals surface area contributed by atoms with E-state index in [4.69, 9.17) is 20.3 Å². The smallest absolute Gasteiger partial charge is 0.242 e. The molecule has 0 fully saturated rings. The number of aromatic nitrogens is 2. The van der Waals surface area contributed by atoms with Crippen molar-refractivity contribution in [3.63, 3.8) is 0 Å². The van der Waals surface area contributed by atoms with Gasteiger partial charge in [0, 0.05) is 7.11 Å². The first-order valence-electron chi connectivity index (χ1n) is 5.82. The SMILES string of the molecule is CCCOc1ncnc(NC(CO)COC)c1N. The number of aliphatic hydroxyl groups excluding tert-OH is 1. The number of hydrogen-bond acceptors (Lipinski definition) is 7. The fraction of sp³-hybridized carbons (Fsp3) is 0.636. The first-order chi connectivity index (χ1) is 8.72. The summed E-state index contributed by atoms with van der Waals surface area (Å²) in [5.41, 5.74) is 6.22. The van der Waals surface area contributed by atoms with Gasteiger partial charge in [-0.25, -0.2) is 4.98 Å². The van der Waals surface area contributed by atoms with E-state index in [1.54, 1.807) is 7.11 Å². The minimum absolute atomic E-state index is 0.0809. The fourth-order valence-electron chi connectivity index (χ4n) is 1.34. The average molecular weight is 256 g/mol. The zero-order valence-corrected chi connectivity index (χ0v) is 10.7. The molecule has 1 rings (SSSR count). The van der Waals surface area contributed by atoms with Gasteiger partial charge in [0.2, 0.25) is 5.88 Å². The molecular formula is C11H20N4O3. The molecule has 7 heteroatoms. The fourth-order valence-corrected chi connectivity index (χ4v) is 1.34. The predicted octanol–water partition coefficient (Wildman–Crippen LogP) is 0.267. The van der Waals surface area contributed by atoms with Gasteiger partial charge in [-0.1, -0.05) is 6.92 Å². The van der Waals surface area contributed by atoms with Gasteiger partial charge in [-0.3, -0.25) is 0 Å². The molecule has 0 aliphatic carbocycles. The maximum atomic E-state index is 9.16. The van der Waals surface area contributed by atoms with Gasteiger partial charge in [-0.2, -0.15) is 4.98 Å². The second kappa shape index (κ2) is 7.67. The summed E-state index contributed by atoms with van der Waals surface area (Å²) in [6.07, 6.45) is 2.24. The van der Waals surface area contributed by atoms with Crippen molar-refractivity contribution in [3.05, 3.63) is 6.33 Å². The van der Waals surface area contributed by atoms with E-state index in [1.807, 2.05) is 6.92 Å². The number of aliphatic hydroxyl groups is 1. The van der Waals surface area contributed by atoms with Crippen LogP contribution in [-0.2, 0) is 4.74 Å². The monoisotopic (exact) mass is 256 g/mol. The van der Waals surface area contributed by atoms with Crippen LogP contribution < -0.4 is 15.8 Å². The van der Waals surface area contributed by atoms with Crippen LogP contribution in [0.25, 0.3) is 0 Å². The lowest BCUT2D eigenvalue weighted by atomic mass is 10.3. The van der Waals surface area contributed by atoms with Crippen LogP contribution in [-0.4, -0.2) is 48.0 Å². The predicted molar refractivity (Wildman–Crippen MR) is 68.6 cm³/mol. The van der Waals surface area contributed by atoms with Crippen LogP contribution in [0.3, 0.4) is 0 Å². The molecule has 18 heavy (non-hydrogen) atoms. The van der Waals surface area contributed by atoms with Crippen LogP contribution in [0, 0.1) is 0 Å². The Balaban J connectivity index is 2.75. The number of nitrogen functional groups attached to an aromatic ring is 1. The van der Waals surface area contributed by atoms with E-state index in [-0.39, 0.29) is 12.6 Å². The quantitative estimate of drug-likeness (QED) is 0.613. The van der Waals surface area contributed by atoms with Gasteiger partial charge in [-0.15, -0.1) is 0 Å². The minimum atomic E-state index is -0.272. The Morgan fingerprint density at radius 2 is 2.28 bits per heavy atom. The van der Waals surface area contributed by atoms with E-state index in [2.05, 4.69) is 15.3 Å². The zero-order valence-electron chi connectivity index (χ0n) is 10.7. The van der Waals surface area contributed by atoms with E-state index >= 15 is 0 Å². The molecule has 0 aromatic carbocycles. The summed E-state index contributed by atoms with van der Waals surface area (Å²) < 4.78 is 10.4. The van der Waals surface area contributed by atoms with Gasteiger partial charge in [0.15, 0.2) is 5.82 Å². The molecule has 0 spiro atoms. The highest BCUT2D eigenvalue weighted by molar-refractivity contribution is 5.66. The number of anilines is 2. The van der Waals surface area contributed by atoms with Crippen LogP contribution in [0.1, 0.15) is 13.3 Å². The average Bonchev–Trinajstić information content (AvgIpc) is 2.39. The second-order valence-corrected chi connectivity index (χ2v) is 3.77. The lowest BCUT2D eigenvalue weighted by Crippen LogP contribution is -2.29. The molecule has 1 aromatic heterocycles. The normalized spacial score (nSPS) is 12.2. The van der Waals surface area contributed by atoms with Crippen LogP contribution in [0.2, 0.25) is 0 Å². The lowest BCUT2D eigenvalue weighted by Gasteiger charge is -2.17. The molecule has 0 aliphatic heterocycles. The maximum absolute atomic E-state index is 9.16. The van der Waals surface area contributed by atoms with Gasteiger partial charge >= 0.3 is 0 Å². The standard InChI is InChI=1S/C11H20N4O3/c1-3-4-18-11-9(12)10(13-7-14-11)15-8(5-16)6-17-2/h7-8,16H,3-6,12H2,1-2H3,(H,13,14,15). The summed E-state index contributed by atoms with van der Waals surface area (Å²) in [7, 11) is 1.56. The summed E-state index contributed by atoms with van der Waals surface area (Å²) in [4.78, 5) is 7.99. The Kier molecular flexibility index (Phi) is 6.16. The molecule has 1 atom stereocenters. The molecular weight excluding hydrogens is 236 g/mol. The molecule has 0 radical (unpaired) electrons. The summed E-state index contributed by atoms with van der Waals surface area (Å²) in [6.45, 7) is 2.81. The van der Waals surface area contributed by atoms with Crippen molar-refractivity contribution >= 4 is 11.5 Å². The number of rotatable bonds is 8. The van der Waals surface area contributed by atoms with Gasteiger partial charge in [0.1, 0.15) is 12.0 Å². The molecule has 0 amide bonds. The summed E-state index contributed by atoms with van der Waals surface area (Å²) >= 11 is 0. The Morgan fingerprint density at radius 1 is 1.50 bits per heavy atom. The topological polar surface area (TPSA) is 103 Å². The Bertz CT molecular complexity index is 362. The number of ether oxygens (including phenoxy) is 2. The van der Waals surface area contributed by atoms with E-state index in [1.165, 1.54) is 6.33 Å². The largest absolute Gasteiger partial charge is 0.476 e. The zero-order chi connectivity index (χ0) is 13.4. The third-order valence-electron chi connectivity index (χ3n) is 2.22. The number of nitrogens with two attached hydrogens (primary N) is 1. The Hall–Kier alpha value is -1.60. The van der Waals surface area contributed by atoms with Crippen LogP contribution in [0.5, 0.6) is 5.88 Å². The molecule has 0 bridgehead atoms. The van der Waals surface area contributed by atoms with Crippen molar-refractivity contribution in [3.8, 4) is 5.88 Å². The van der Waals surface area contributed by atoms with Gasteiger partial charge in [0.25, 0.3) is 0 Å². The van der Waals surface area contributed by atoms with Crippen LogP contribution in [0.4, 0.5) is 11.5 Å². The summed E-state index contributed by atoms with van der Waals surface area (Å²) in [5.74, 6) is 0.788. The van der Waals surface area contributed by atoms with Gasteiger partial charge in [0.05, 0.1) is 25.9 Å². The number of hydrogen-bond donors (Lipinski definition) is 3. The maximum Gasteiger partial charge on any atom is 0.242 e. The molecule has 1 unspecified atom stereocenters. The van der Waals surface area contributed by atoms with E-state index in [0.717, 1.165) is 6.42 Å². The van der Waals surface area contributed by atoms with Crippen molar-refractivity contribution in [2.45, 2.75) is 19.4 Å². The van der Waals surface area contributed by atoms with E-state index in [0.29, 0.717) is 30.6 Å². The summed E-state index contributed by atoms with van der Waals surface area (Å²) in [6, 6.07) is -0.272. The minimum Gasteiger partial charge on any atom is -0.476 e. The van der Waals surface area contributed by atoms with Gasteiger partial charge < -0.3 is 25.6 Å². The number of methoxy groups -OCH3 is 1. The molecule has 1 aromatic rings. The molecule has 1 heterocycles. The number of nitrogens with zero attached hydrogens (tertiary/aromatic N) is 2. The van der Waals surface area contributed by atoms with Crippen molar-refractivity contribution in [1.82, 2.24) is 9.97 Å². The molecule has 0 aliphatic rings. The molecule has 0 saturated heterocycles. The second-order valence-electron chi connectivity index (χ2n) is 3.77. The molecule has 102 valence electrons. The molecule has 7 nitrogen and oxygen atoms in total. The van der Waals surface area contributed by atoms with Crippen molar-refractivity contribution < 1.29 is 14.6 Å². The first kappa shape index (κ1) is 14.5. The van der Waals surface area contributed by atoms with Crippen LogP contribution >= 0.6 is 0 Å². The van der Waals surface area contributed by atoms with E-state index in [9.17, 15) is 0 Å². The highest BCUT2D eigenvalue weighted by Gasteiger charge is 2.13. The first-order valence-corrected chi connectivity index (χ1v) is 5.82. The highest BCUT2D eigenvalue weighted by Crippen LogP contribution is 2.25. The Morgan fingerprint density at radius 3 is 2.89 bits per heavy atom. The molecule has 0 saturated carbocycles.